The number of nitrogens with two attached hydrogens (primary N) is 1. The molecule has 1 amide bonds. The molecule has 1 atom stereocenters. The molecule has 78 valence electrons. The number of hydrogen-bond donors (Lipinski definition) is 2. The fourth-order valence-corrected chi connectivity index (χ4v) is 1.13. The van der Waals surface area contributed by atoms with Crippen molar-refractivity contribution in [3.8, 4) is 0 Å². The third-order valence-corrected chi connectivity index (χ3v) is 1.97. The standard InChI is InChI=1S/C10H22N2O/c1-3-5-7-9(11)8-12-10(13)6-4-2/h9H,3-8,11H2,1-2H3,(H,12,13). The van der Waals surface area contributed by atoms with E-state index in [0.717, 1.165) is 25.7 Å². The molecule has 0 aliphatic carbocycles. The normalized spacial score (nSPS) is 12.5. The molecule has 3 heteroatoms. The van der Waals surface area contributed by atoms with Gasteiger partial charge in [-0.05, 0) is 12.8 Å². The zero-order chi connectivity index (χ0) is 10.1. The Balaban J connectivity index is 3.34. The summed E-state index contributed by atoms with van der Waals surface area (Å²) in [7, 11) is 0. The number of carbonyl (C=O) groups excluding carboxylic acids is 1. The van der Waals surface area contributed by atoms with Crippen LogP contribution in [0.5, 0.6) is 0 Å². The summed E-state index contributed by atoms with van der Waals surface area (Å²) >= 11 is 0. The van der Waals surface area contributed by atoms with Crippen LogP contribution in [0.15, 0.2) is 0 Å². The highest BCUT2D eigenvalue weighted by atomic mass is 16.1. The van der Waals surface area contributed by atoms with Crippen LogP contribution in [0.1, 0.15) is 46.0 Å². The van der Waals surface area contributed by atoms with Crippen molar-refractivity contribution in [3.05, 3.63) is 0 Å². The van der Waals surface area contributed by atoms with E-state index in [2.05, 4.69) is 12.2 Å². The number of hydrogen-bond acceptors (Lipinski definition) is 2. The molecule has 0 aromatic heterocycles. The minimum absolute atomic E-state index is 0.120. The van der Waals surface area contributed by atoms with Crippen LogP contribution in [0, 0.1) is 0 Å². The molecule has 0 saturated heterocycles. The Bertz CT molecular complexity index is 137. The van der Waals surface area contributed by atoms with Crippen LogP contribution in [0.4, 0.5) is 0 Å². The average Bonchev–Trinajstić information content (AvgIpc) is 2.12. The van der Waals surface area contributed by atoms with E-state index in [1.807, 2.05) is 6.92 Å². The molecular weight excluding hydrogens is 164 g/mol. The lowest BCUT2D eigenvalue weighted by Gasteiger charge is -2.11. The highest BCUT2D eigenvalue weighted by Crippen LogP contribution is 1.97. The first-order valence-electron chi connectivity index (χ1n) is 5.23. The molecule has 0 fully saturated rings. The molecule has 3 nitrogen and oxygen atoms in total. The van der Waals surface area contributed by atoms with E-state index in [4.69, 9.17) is 5.73 Å². The van der Waals surface area contributed by atoms with Crippen molar-refractivity contribution in [2.75, 3.05) is 6.54 Å². The molecule has 0 bridgehead atoms. The van der Waals surface area contributed by atoms with Gasteiger partial charge in [0.25, 0.3) is 0 Å². The van der Waals surface area contributed by atoms with Crippen LogP contribution in [0.2, 0.25) is 0 Å². The zero-order valence-corrected chi connectivity index (χ0v) is 8.81. The molecule has 0 radical (unpaired) electrons. The molecule has 0 saturated carbocycles. The van der Waals surface area contributed by atoms with E-state index < -0.39 is 0 Å². The fraction of sp³-hybridized carbons (Fsp3) is 0.900. The van der Waals surface area contributed by atoms with Crippen LogP contribution in [-0.2, 0) is 4.79 Å². The van der Waals surface area contributed by atoms with Gasteiger partial charge in [-0.2, -0.15) is 0 Å². The number of rotatable bonds is 7. The highest BCUT2D eigenvalue weighted by Gasteiger charge is 2.03. The van der Waals surface area contributed by atoms with Crippen molar-refractivity contribution in [1.29, 1.82) is 0 Å². The summed E-state index contributed by atoms with van der Waals surface area (Å²) in [4.78, 5) is 11.1. The quantitative estimate of drug-likeness (QED) is 0.632. The molecular formula is C10H22N2O. The Hall–Kier alpha value is -0.570. The average molecular weight is 186 g/mol. The van der Waals surface area contributed by atoms with Crippen LogP contribution in [0.3, 0.4) is 0 Å². The topological polar surface area (TPSA) is 55.1 Å². The third kappa shape index (κ3) is 7.78. The Kier molecular flexibility index (Phi) is 7.69. The molecule has 3 N–H and O–H groups in total. The van der Waals surface area contributed by atoms with Gasteiger partial charge < -0.3 is 11.1 Å². The maximum absolute atomic E-state index is 11.1. The number of amides is 1. The van der Waals surface area contributed by atoms with E-state index in [1.54, 1.807) is 0 Å². The Morgan fingerprint density at radius 1 is 1.38 bits per heavy atom. The number of unbranched alkanes of at least 4 members (excludes halogenated alkanes) is 1. The smallest absolute Gasteiger partial charge is 0.220 e. The van der Waals surface area contributed by atoms with Crippen molar-refractivity contribution in [3.63, 3.8) is 0 Å². The molecule has 0 heterocycles. The second-order valence-electron chi connectivity index (χ2n) is 3.46. The molecule has 0 aliphatic rings. The molecule has 0 aromatic carbocycles. The lowest BCUT2D eigenvalue weighted by atomic mass is 10.1. The van der Waals surface area contributed by atoms with Crippen LogP contribution in [0.25, 0.3) is 0 Å². The molecule has 0 rings (SSSR count). The third-order valence-electron chi connectivity index (χ3n) is 1.97. The van der Waals surface area contributed by atoms with Crippen LogP contribution < -0.4 is 11.1 Å². The first kappa shape index (κ1) is 12.4. The summed E-state index contributed by atoms with van der Waals surface area (Å²) in [6, 6.07) is 0.126. The largest absolute Gasteiger partial charge is 0.355 e. The number of carbonyl (C=O) groups is 1. The van der Waals surface area contributed by atoms with Crippen LogP contribution in [-0.4, -0.2) is 18.5 Å². The van der Waals surface area contributed by atoms with Gasteiger partial charge in [-0.3, -0.25) is 4.79 Å². The Labute approximate surface area is 81.1 Å². The minimum atomic E-state index is 0.120. The van der Waals surface area contributed by atoms with Gasteiger partial charge in [0.2, 0.25) is 5.91 Å². The summed E-state index contributed by atoms with van der Waals surface area (Å²) < 4.78 is 0. The van der Waals surface area contributed by atoms with Gasteiger partial charge in [0.1, 0.15) is 0 Å². The predicted molar refractivity (Wildman–Crippen MR) is 55.4 cm³/mol. The van der Waals surface area contributed by atoms with Crippen LogP contribution >= 0.6 is 0 Å². The Morgan fingerprint density at radius 2 is 2.08 bits per heavy atom. The van der Waals surface area contributed by atoms with E-state index in [1.165, 1.54) is 0 Å². The number of nitrogens with one attached hydrogen (secondary N) is 1. The van der Waals surface area contributed by atoms with Crippen molar-refractivity contribution in [1.82, 2.24) is 5.32 Å². The van der Waals surface area contributed by atoms with Gasteiger partial charge in [-0.25, -0.2) is 0 Å². The van der Waals surface area contributed by atoms with Gasteiger partial charge in [0.05, 0.1) is 0 Å². The molecule has 1 unspecified atom stereocenters. The van der Waals surface area contributed by atoms with Crippen molar-refractivity contribution in [2.24, 2.45) is 5.73 Å². The fourth-order valence-electron chi connectivity index (χ4n) is 1.13. The summed E-state index contributed by atoms with van der Waals surface area (Å²) in [5, 5.41) is 2.83. The maximum Gasteiger partial charge on any atom is 0.220 e. The van der Waals surface area contributed by atoms with Gasteiger partial charge >= 0.3 is 0 Å². The monoisotopic (exact) mass is 186 g/mol. The predicted octanol–water partition coefficient (Wildman–Crippen LogP) is 1.42. The molecule has 0 aliphatic heterocycles. The summed E-state index contributed by atoms with van der Waals surface area (Å²) in [6.45, 7) is 4.76. The minimum Gasteiger partial charge on any atom is -0.355 e. The first-order valence-corrected chi connectivity index (χ1v) is 5.23. The maximum atomic E-state index is 11.1. The van der Waals surface area contributed by atoms with E-state index in [9.17, 15) is 4.79 Å². The summed E-state index contributed by atoms with van der Waals surface area (Å²) in [5.41, 5.74) is 5.79. The highest BCUT2D eigenvalue weighted by molar-refractivity contribution is 5.75. The van der Waals surface area contributed by atoms with Gasteiger partial charge in [0.15, 0.2) is 0 Å². The first-order chi connectivity index (χ1) is 6.20. The molecule has 0 spiro atoms. The van der Waals surface area contributed by atoms with Gasteiger partial charge in [0, 0.05) is 19.0 Å². The van der Waals surface area contributed by atoms with E-state index >= 15 is 0 Å². The van der Waals surface area contributed by atoms with Crippen molar-refractivity contribution < 1.29 is 4.79 Å². The summed E-state index contributed by atoms with van der Waals surface area (Å²) in [5.74, 6) is 0.120. The molecule has 13 heavy (non-hydrogen) atoms. The van der Waals surface area contributed by atoms with E-state index in [0.29, 0.717) is 13.0 Å². The van der Waals surface area contributed by atoms with Crippen molar-refractivity contribution >= 4 is 5.91 Å². The zero-order valence-electron chi connectivity index (χ0n) is 8.81. The lowest BCUT2D eigenvalue weighted by Crippen LogP contribution is -2.36. The van der Waals surface area contributed by atoms with Crippen molar-refractivity contribution in [2.45, 2.75) is 52.0 Å². The SMILES string of the molecule is CCCCC(N)CNC(=O)CCC. The molecule has 0 aromatic rings. The van der Waals surface area contributed by atoms with E-state index in [-0.39, 0.29) is 11.9 Å². The second-order valence-corrected chi connectivity index (χ2v) is 3.46. The summed E-state index contributed by atoms with van der Waals surface area (Å²) in [6.07, 6.45) is 4.82. The lowest BCUT2D eigenvalue weighted by molar-refractivity contribution is -0.121. The van der Waals surface area contributed by atoms with Gasteiger partial charge in [-0.15, -0.1) is 0 Å². The Morgan fingerprint density at radius 3 is 2.62 bits per heavy atom. The second kappa shape index (κ2) is 8.05. The van der Waals surface area contributed by atoms with Gasteiger partial charge in [-0.1, -0.05) is 26.7 Å².